The Bertz CT molecular complexity index is 3550. The molecule has 0 unspecified atom stereocenters. The van der Waals surface area contributed by atoms with Crippen molar-refractivity contribution in [2.45, 2.75) is 0 Å². The molecule has 3 heteroatoms. The Morgan fingerprint density at radius 3 is 1.72 bits per heavy atom. The highest BCUT2D eigenvalue weighted by atomic mass is 32.1. The topological polar surface area (TPSA) is 8.17 Å². The van der Waals surface area contributed by atoms with E-state index < -0.39 is 0 Å². The van der Waals surface area contributed by atoms with Gasteiger partial charge in [-0.15, -0.1) is 11.3 Å². The highest BCUT2D eigenvalue weighted by molar-refractivity contribution is 7.26. The Morgan fingerprint density at radius 1 is 0.361 bits per heavy atom. The van der Waals surface area contributed by atoms with Crippen LogP contribution in [0.2, 0.25) is 0 Å². The summed E-state index contributed by atoms with van der Waals surface area (Å²) in [5, 5.41) is 7.54. The van der Waals surface area contributed by atoms with E-state index in [9.17, 15) is 0 Å². The normalized spacial score (nSPS) is 11.6. The van der Waals surface area contributed by atoms with E-state index in [1.807, 2.05) is 11.3 Å². The van der Waals surface area contributed by atoms with Crippen LogP contribution in [0.15, 0.2) is 231 Å². The van der Waals surface area contributed by atoms with Gasteiger partial charge in [0, 0.05) is 53.6 Å². The Morgan fingerprint density at radius 2 is 0.934 bits per heavy atom. The van der Waals surface area contributed by atoms with Crippen molar-refractivity contribution in [3.8, 4) is 39.1 Å². The van der Waals surface area contributed by atoms with Gasteiger partial charge in [-0.05, 0) is 99.3 Å². The van der Waals surface area contributed by atoms with Gasteiger partial charge in [-0.1, -0.05) is 170 Å². The third kappa shape index (κ3) is 5.93. The molecule has 10 aromatic carbocycles. The summed E-state index contributed by atoms with van der Waals surface area (Å²) >= 11 is 1.88. The molecule has 0 aliphatic rings. The molecule has 12 aromatic rings. The standard InChI is InChI=1S/C58H38N2S/c1-2-16-39(17-3-1)41-20-12-23-44(36-41)59(45-24-13-21-42(37-45)48-30-15-19-40-18-4-5-26-47(40)48)55-35-34-52-51-29-8-11-33-56(51)61-58(52)57(55)43-22-14-25-46(38-43)60-53-31-9-6-27-49(53)50-28-7-10-32-54(50)60/h1-38H. The van der Waals surface area contributed by atoms with E-state index >= 15 is 0 Å². The molecular weight excluding hydrogens is 757 g/mol. The van der Waals surface area contributed by atoms with Crippen LogP contribution in [0.4, 0.5) is 17.1 Å². The van der Waals surface area contributed by atoms with Crippen molar-refractivity contribution in [2.75, 3.05) is 4.90 Å². The van der Waals surface area contributed by atoms with Crippen molar-refractivity contribution in [3.63, 3.8) is 0 Å². The van der Waals surface area contributed by atoms with E-state index in [0.29, 0.717) is 0 Å². The molecule has 0 amide bonds. The van der Waals surface area contributed by atoms with Crippen molar-refractivity contribution in [1.29, 1.82) is 0 Å². The molecule has 0 radical (unpaired) electrons. The summed E-state index contributed by atoms with van der Waals surface area (Å²) in [6, 6.07) is 84.3. The number of rotatable bonds is 7. The second kappa shape index (κ2) is 14.5. The van der Waals surface area contributed by atoms with Crippen molar-refractivity contribution >= 4 is 81.1 Å². The summed E-state index contributed by atoms with van der Waals surface area (Å²) in [4.78, 5) is 2.48. The molecule has 0 atom stereocenters. The van der Waals surface area contributed by atoms with Crippen LogP contribution in [0.3, 0.4) is 0 Å². The number of nitrogens with zero attached hydrogens (tertiary/aromatic N) is 2. The van der Waals surface area contributed by atoms with E-state index in [-0.39, 0.29) is 0 Å². The van der Waals surface area contributed by atoms with Crippen LogP contribution in [-0.2, 0) is 0 Å². The molecule has 2 heterocycles. The molecular formula is C58H38N2S. The Kier molecular flexibility index (Phi) is 8.39. The number of anilines is 3. The molecule has 61 heavy (non-hydrogen) atoms. The second-order valence-corrected chi connectivity index (χ2v) is 16.7. The van der Waals surface area contributed by atoms with Crippen molar-refractivity contribution < 1.29 is 0 Å². The molecule has 2 aromatic heterocycles. The minimum absolute atomic E-state index is 1.09. The highest BCUT2D eigenvalue weighted by Crippen LogP contribution is 2.50. The average Bonchev–Trinajstić information content (AvgIpc) is 3.88. The molecule has 0 saturated carbocycles. The van der Waals surface area contributed by atoms with E-state index in [1.165, 1.54) is 86.1 Å². The Labute approximate surface area is 358 Å². The molecule has 286 valence electrons. The van der Waals surface area contributed by atoms with Crippen LogP contribution >= 0.6 is 11.3 Å². The fourth-order valence-corrected chi connectivity index (χ4v) is 10.7. The van der Waals surface area contributed by atoms with Gasteiger partial charge in [0.15, 0.2) is 0 Å². The average molecular weight is 795 g/mol. The van der Waals surface area contributed by atoms with Gasteiger partial charge in [-0.3, -0.25) is 0 Å². The summed E-state index contributed by atoms with van der Waals surface area (Å²) in [6.45, 7) is 0. The third-order valence-electron chi connectivity index (χ3n) is 12.2. The molecule has 0 bridgehead atoms. The van der Waals surface area contributed by atoms with Gasteiger partial charge in [0.1, 0.15) is 0 Å². The second-order valence-electron chi connectivity index (χ2n) is 15.7. The number of fused-ring (bicyclic) bond motifs is 7. The fourth-order valence-electron chi connectivity index (χ4n) is 9.42. The minimum atomic E-state index is 1.09. The van der Waals surface area contributed by atoms with Gasteiger partial charge < -0.3 is 9.47 Å². The zero-order valence-electron chi connectivity index (χ0n) is 33.2. The molecule has 2 nitrogen and oxygen atoms in total. The van der Waals surface area contributed by atoms with Crippen LogP contribution in [-0.4, -0.2) is 4.57 Å². The smallest absolute Gasteiger partial charge is 0.0554 e. The lowest BCUT2D eigenvalue weighted by atomic mass is 9.96. The van der Waals surface area contributed by atoms with E-state index in [1.54, 1.807) is 0 Å². The number of aromatic nitrogens is 1. The van der Waals surface area contributed by atoms with Crippen LogP contribution < -0.4 is 4.90 Å². The lowest BCUT2D eigenvalue weighted by Crippen LogP contribution is -2.11. The SMILES string of the molecule is c1ccc(-c2cccc(N(c3cccc(-c4cccc5ccccc45)c3)c3ccc4c(sc5ccccc54)c3-c3cccc(-n4c5ccccc5c5ccccc54)c3)c2)cc1. The molecule has 0 aliphatic heterocycles. The molecule has 0 fully saturated rings. The number of benzene rings is 10. The van der Waals surface area contributed by atoms with Crippen LogP contribution in [0.5, 0.6) is 0 Å². The maximum absolute atomic E-state index is 2.48. The predicted molar refractivity (Wildman–Crippen MR) is 262 cm³/mol. The zero-order chi connectivity index (χ0) is 40.3. The maximum atomic E-state index is 2.48. The van der Waals surface area contributed by atoms with Crippen molar-refractivity contribution in [1.82, 2.24) is 4.57 Å². The van der Waals surface area contributed by atoms with Crippen LogP contribution in [0.25, 0.3) is 91.8 Å². The fraction of sp³-hybridized carbons (Fsp3) is 0. The molecule has 0 N–H and O–H groups in total. The summed E-state index contributed by atoms with van der Waals surface area (Å²) in [5.41, 5.74) is 14.0. The van der Waals surface area contributed by atoms with Gasteiger partial charge in [0.2, 0.25) is 0 Å². The van der Waals surface area contributed by atoms with E-state index in [0.717, 1.165) is 22.7 Å². The van der Waals surface area contributed by atoms with Gasteiger partial charge >= 0.3 is 0 Å². The highest BCUT2D eigenvalue weighted by Gasteiger charge is 2.23. The summed E-state index contributed by atoms with van der Waals surface area (Å²) in [6.07, 6.45) is 0. The number of para-hydroxylation sites is 2. The monoisotopic (exact) mass is 794 g/mol. The van der Waals surface area contributed by atoms with Gasteiger partial charge in [0.05, 0.1) is 16.7 Å². The molecule has 12 rings (SSSR count). The Balaban J connectivity index is 1.14. The summed E-state index contributed by atoms with van der Waals surface area (Å²) < 4.78 is 4.98. The molecule has 0 saturated heterocycles. The van der Waals surface area contributed by atoms with Crippen LogP contribution in [0.1, 0.15) is 0 Å². The van der Waals surface area contributed by atoms with Gasteiger partial charge in [-0.2, -0.15) is 0 Å². The number of thiophene rings is 1. The lowest BCUT2D eigenvalue weighted by Gasteiger charge is -2.29. The molecule has 0 aliphatic carbocycles. The molecule has 0 spiro atoms. The van der Waals surface area contributed by atoms with Crippen LogP contribution in [0, 0.1) is 0 Å². The Hall–Kier alpha value is -7.72. The summed E-state index contributed by atoms with van der Waals surface area (Å²) in [7, 11) is 0. The van der Waals surface area contributed by atoms with E-state index in [4.69, 9.17) is 0 Å². The first-order valence-electron chi connectivity index (χ1n) is 20.8. The van der Waals surface area contributed by atoms with Crippen molar-refractivity contribution in [2.24, 2.45) is 0 Å². The first-order valence-corrected chi connectivity index (χ1v) is 21.7. The van der Waals surface area contributed by atoms with Crippen molar-refractivity contribution in [3.05, 3.63) is 231 Å². The number of hydrogen-bond donors (Lipinski definition) is 0. The first kappa shape index (κ1) is 35.2. The minimum Gasteiger partial charge on any atom is -0.310 e. The summed E-state index contributed by atoms with van der Waals surface area (Å²) in [5.74, 6) is 0. The predicted octanol–water partition coefficient (Wildman–Crippen LogP) is 16.8. The van der Waals surface area contributed by atoms with E-state index in [2.05, 4.69) is 240 Å². The maximum Gasteiger partial charge on any atom is 0.0554 e. The van der Waals surface area contributed by atoms with Gasteiger partial charge in [-0.25, -0.2) is 0 Å². The number of hydrogen-bond acceptors (Lipinski definition) is 2. The van der Waals surface area contributed by atoms with Gasteiger partial charge in [0.25, 0.3) is 0 Å². The lowest BCUT2D eigenvalue weighted by molar-refractivity contribution is 1.18. The largest absolute Gasteiger partial charge is 0.310 e. The zero-order valence-corrected chi connectivity index (χ0v) is 34.1. The third-order valence-corrected chi connectivity index (χ3v) is 13.4. The first-order chi connectivity index (χ1) is 30.3. The quantitative estimate of drug-likeness (QED) is 0.156.